The van der Waals surface area contributed by atoms with Crippen molar-refractivity contribution < 1.29 is 18.7 Å². The number of carbonyl (C=O) groups is 1. The van der Waals surface area contributed by atoms with Crippen molar-refractivity contribution in [3.05, 3.63) is 35.1 Å². The molecule has 0 saturated carbocycles. The van der Waals surface area contributed by atoms with Gasteiger partial charge in [-0.05, 0) is 11.6 Å². The lowest BCUT2D eigenvalue weighted by Gasteiger charge is -2.26. The largest absolute Gasteiger partial charge is 0.447 e. The highest BCUT2D eigenvalue weighted by Gasteiger charge is 2.43. The number of halogens is 1. The third-order valence-corrected chi connectivity index (χ3v) is 3.35. The van der Waals surface area contributed by atoms with Gasteiger partial charge in [-0.3, -0.25) is 0 Å². The molecule has 0 bridgehead atoms. The highest BCUT2D eigenvalue weighted by Crippen LogP contribution is 2.35. The topological polar surface area (TPSA) is 47.6 Å². The van der Waals surface area contributed by atoms with E-state index in [1.165, 1.54) is 6.07 Å². The van der Waals surface area contributed by atoms with E-state index in [1.807, 2.05) is 6.07 Å². The smallest absolute Gasteiger partial charge is 0.408 e. The van der Waals surface area contributed by atoms with Crippen molar-refractivity contribution in [1.29, 1.82) is 0 Å². The Morgan fingerprint density at radius 2 is 2.29 bits per heavy atom. The number of cyclic esters (lactones) is 1. The first kappa shape index (κ1) is 10.5. The van der Waals surface area contributed by atoms with E-state index in [9.17, 15) is 9.18 Å². The van der Waals surface area contributed by atoms with E-state index in [0.717, 1.165) is 5.56 Å². The molecule has 17 heavy (non-hydrogen) atoms. The normalized spacial score (nSPS) is 27.2. The predicted octanol–water partition coefficient (Wildman–Crippen LogP) is 1.68. The summed E-state index contributed by atoms with van der Waals surface area (Å²) in [7, 11) is 0. The summed E-state index contributed by atoms with van der Waals surface area (Å²) in [6.45, 7) is 0.934. The highest BCUT2D eigenvalue weighted by molar-refractivity contribution is 5.71. The minimum atomic E-state index is -0.634. The zero-order valence-corrected chi connectivity index (χ0v) is 9.16. The fourth-order valence-electron chi connectivity index (χ4n) is 2.45. The van der Waals surface area contributed by atoms with Gasteiger partial charge in [0.05, 0.1) is 6.61 Å². The quantitative estimate of drug-likeness (QED) is 0.746. The van der Waals surface area contributed by atoms with Gasteiger partial charge < -0.3 is 14.8 Å². The van der Waals surface area contributed by atoms with E-state index in [4.69, 9.17) is 9.47 Å². The van der Waals surface area contributed by atoms with Crippen LogP contribution in [0.4, 0.5) is 9.18 Å². The molecule has 5 heteroatoms. The first-order chi connectivity index (χ1) is 8.21. The Bertz CT molecular complexity index is 477. The lowest BCUT2D eigenvalue weighted by molar-refractivity contribution is 0.106. The van der Waals surface area contributed by atoms with Gasteiger partial charge in [0.1, 0.15) is 18.0 Å². The number of benzene rings is 1. The first-order valence-corrected chi connectivity index (χ1v) is 5.52. The molecule has 1 N–H and O–H groups in total. The molecule has 1 fully saturated rings. The Morgan fingerprint density at radius 3 is 3.06 bits per heavy atom. The van der Waals surface area contributed by atoms with Crippen LogP contribution in [0, 0.1) is 5.82 Å². The summed E-state index contributed by atoms with van der Waals surface area (Å²) in [4.78, 5) is 11.3. The van der Waals surface area contributed by atoms with Crippen molar-refractivity contribution >= 4 is 6.09 Å². The molecule has 1 spiro atoms. The highest BCUT2D eigenvalue weighted by atomic mass is 19.1. The van der Waals surface area contributed by atoms with Crippen LogP contribution < -0.4 is 5.32 Å². The Hall–Kier alpha value is -1.62. The van der Waals surface area contributed by atoms with Gasteiger partial charge in [-0.25, -0.2) is 9.18 Å². The molecule has 1 amide bonds. The van der Waals surface area contributed by atoms with Crippen LogP contribution in [0.3, 0.4) is 0 Å². The third kappa shape index (κ3) is 1.58. The van der Waals surface area contributed by atoms with E-state index in [0.29, 0.717) is 18.6 Å². The molecular weight excluding hydrogens is 225 g/mol. The van der Waals surface area contributed by atoms with Crippen molar-refractivity contribution in [3.63, 3.8) is 0 Å². The molecule has 1 unspecified atom stereocenters. The van der Waals surface area contributed by atoms with E-state index in [-0.39, 0.29) is 19.0 Å². The van der Waals surface area contributed by atoms with Gasteiger partial charge in [-0.15, -0.1) is 0 Å². The summed E-state index contributed by atoms with van der Waals surface area (Å²) in [5.74, 6) is -0.301. The number of fused-ring (bicyclic) bond motifs is 2. The van der Waals surface area contributed by atoms with Gasteiger partial charge in [0, 0.05) is 18.6 Å². The van der Waals surface area contributed by atoms with E-state index in [2.05, 4.69) is 5.32 Å². The maximum absolute atomic E-state index is 13.8. The number of hydrogen-bond donors (Lipinski definition) is 1. The van der Waals surface area contributed by atoms with Crippen LogP contribution in [0.2, 0.25) is 0 Å². The Morgan fingerprint density at radius 1 is 1.41 bits per heavy atom. The zero-order valence-electron chi connectivity index (χ0n) is 9.16. The maximum Gasteiger partial charge on any atom is 0.408 e. The fourth-order valence-corrected chi connectivity index (χ4v) is 2.45. The summed E-state index contributed by atoms with van der Waals surface area (Å²) < 4.78 is 24.1. The standard InChI is InChI=1S/C12H12FNO3/c13-10-3-1-2-9-8(10)6-16-5-4-12(9)7-17-11(15)14-12/h1-3H,4-7H2,(H,14,15). The number of ether oxygens (including phenoxy) is 2. The molecule has 90 valence electrons. The van der Waals surface area contributed by atoms with Crippen LogP contribution in [-0.4, -0.2) is 19.3 Å². The molecule has 1 saturated heterocycles. The second-order valence-corrected chi connectivity index (χ2v) is 4.35. The minimum Gasteiger partial charge on any atom is -0.447 e. The Labute approximate surface area is 97.7 Å². The van der Waals surface area contributed by atoms with Crippen LogP contribution in [-0.2, 0) is 21.6 Å². The number of alkyl carbamates (subject to hydrolysis) is 1. The second-order valence-electron chi connectivity index (χ2n) is 4.35. The first-order valence-electron chi connectivity index (χ1n) is 5.52. The molecule has 0 radical (unpaired) electrons. The van der Waals surface area contributed by atoms with Crippen LogP contribution in [0.1, 0.15) is 17.5 Å². The fraction of sp³-hybridized carbons (Fsp3) is 0.417. The van der Waals surface area contributed by atoms with Gasteiger partial charge in [-0.2, -0.15) is 0 Å². The minimum absolute atomic E-state index is 0.228. The maximum atomic E-state index is 13.8. The van der Waals surface area contributed by atoms with Crippen LogP contribution in [0.25, 0.3) is 0 Å². The molecule has 0 aromatic heterocycles. The van der Waals surface area contributed by atoms with Crippen molar-refractivity contribution in [2.45, 2.75) is 18.6 Å². The molecule has 2 aliphatic heterocycles. The van der Waals surface area contributed by atoms with Crippen molar-refractivity contribution in [2.75, 3.05) is 13.2 Å². The number of nitrogens with one attached hydrogen (secondary N) is 1. The van der Waals surface area contributed by atoms with Crippen LogP contribution in [0.15, 0.2) is 18.2 Å². The number of amides is 1. The van der Waals surface area contributed by atoms with Gasteiger partial charge in [0.25, 0.3) is 0 Å². The SMILES string of the molecule is O=C1NC2(CCOCc3c(F)cccc32)CO1. The van der Waals surface area contributed by atoms with Gasteiger partial charge in [-0.1, -0.05) is 12.1 Å². The lowest BCUT2D eigenvalue weighted by atomic mass is 9.85. The summed E-state index contributed by atoms with van der Waals surface area (Å²) in [5, 5.41) is 2.78. The average Bonchev–Trinajstić information content (AvgIpc) is 2.58. The summed E-state index contributed by atoms with van der Waals surface area (Å²) in [6, 6.07) is 4.87. The Kier molecular flexibility index (Phi) is 2.29. The predicted molar refractivity (Wildman–Crippen MR) is 56.8 cm³/mol. The molecule has 1 aromatic carbocycles. The van der Waals surface area contributed by atoms with Crippen molar-refractivity contribution in [2.24, 2.45) is 0 Å². The van der Waals surface area contributed by atoms with E-state index < -0.39 is 11.6 Å². The summed E-state index contributed by atoms with van der Waals surface area (Å²) in [5.41, 5.74) is 0.641. The average molecular weight is 237 g/mol. The molecule has 3 rings (SSSR count). The van der Waals surface area contributed by atoms with E-state index in [1.54, 1.807) is 6.07 Å². The molecule has 0 aliphatic carbocycles. The molecule has 2 aliphatic rings. The third-order valence-electron chi connectivity index (χ3n) is 3.35. The van der Waals surface area contributed by atoms with E-state index >= 15 is 0 Å². The lowest BCUT2D eigenvalue weighted by Crippen LogP contribution is -2.41. The summed E-state index contributed by atoms with van der Waals surface area (Å²) >= 11 is 0. The Balaban J connectivity index is 2.13. The zero-order chi connectivity index (χ0) is 11.9. The number of carbonyl (C=O) groups excluding carboxylic acids is 1. The van der Waals surface area contributed by atoms with Gasteiger partial charge >= 0.3 is 6.09 Å². The van der Waals surface area contributed by atoms with Crippen molar-refractivity contribution in [3.8, 4) is 0 Å². The molecule has 2 heterocycles. The molecule has 1 aromatic rings. The monoisotopic (exact) mass is 237 g/mol. The molecule has 4 nitrogen and oxygen atoms in total. The summed E-state index contributed by atoms with van der Waals surface area (Å²) in [6.07, 6.45) is 0.136. The van der Waals surface area contributed by atoms with Gasteiger partial charge in [0.15, 0.2) is 0 Å². The second kappa shape index (κ2) is 3.70. The molecular formula is C12H12FNO3. The van der Waals surface area contributed by atoms with Gasteiger partial charge in [0.2, 0.25) is 0 Å². The van der Waals surface area contributed by atoms with Crippen LogP contribution in [0.5, 0.6) is 0 Å². The van der Waals surface area contributed by atoms with Crippen molar-refractivity contribution in [1.82, 2.24) is 5.32 Å². The number of hydrogen-bond acceptors (Lipinski definition) is 3. The molecule has 1 atom stereocenters. The number of rotatable bonds is 0. The van der Waals surface area contributed by atoms with Crippen LogP contribution >= 0.6 is 0 Å².